The lowest BCUT2D eigenvalue weighted by molar-refractivity contribution is -0.120. The molecule has 0 aliphatic rings. The number of hydrogen-bond acceptors (Lipinski definition) is 2. The van der Waals surface area contributed by atoms with Crippen LogP contribution >= 0.6 is 0 Å². The number of nitrogens with zero attached hydrogens (tertiary/aromatic N) is 2. The first-order valence-electron chi connectivity index (χ1n) is 7.70. The number of amides is 1. The highest BCUT2D eigenvalue weighted by Crippen LogP contribution is 2.29. The van der Waals surface area contributed by atoms with E-state index < -0.39 is 0 Å². The maximum absolute atomic E-state index is 12.4. The van der Waals surface area contributed by atoms with E-state index in [1.54, 1.807) is 0 Å². The van der Waals surface area contributed by atoms with Gasteiger partial charge in [0.1, 0.15) is 0 Å². The Bertz CT molecular complexity index is 821. The number of likely N-dealkylation sites (N-methyl/N-ethyl adjacent to an activating group) is 1. The van der Waals surface area contributed by atoms with Crippen molar-refractivity contribution in [2.75, 3.05) is 19.5 Å². The minimum absolute atomic E-state index is 0.0321. The van der Waals surface area contributed by atoms with Crippen molar-refractivity contribution in [3.8, 4) is 11.1 Å². The van der Waals surface area contributed by atoms with Gasteiger partial charge in [-0.15, -0.1) is 0 Å². The van der Waals surface area contributed by atoms with Crippen LogP contribution in [0.3, 0.4) is 0 Å². The van der Waals surface area contributed by atoms with E-state index in [1.165, 1.54) is 0 Å². The Balaban J connectivity index is 2.04. The Hall–Kier alpha value is -2.59. The molecule has 0 spiro atoms. The van der Waals surface area contributed by atoms with Gasteiger partial charge in [0.2, 0.25) is 0 Å². The summed E-state index contributed by atoms with van der Waals surface area (Å²) in [6.07, 6.45) is 1.99. The van der Waals surface area contributed by atoms with Gasteiger partial charge in [-0.2, -0.15) is 0 Å². The number of para-hydroxylation sites is 1. The molecule has 0 fully saturated rings. The lowest BCUT2D eigenvalue weighted by Gasteiger charge is -2.19. The average Bonchev–Trinajstić information content (AvgIpc) is 2.93. The minimum Gasteiger partial charge on any atom is -0.298 e. The normalized spacial score (nSPS) is 12.5. The van der Waals surface area contributed by atoms with Gasteiger partial charge in [0, 0.05) is 17.1 Å². The third kappa shape index (κ3) is 2.98. The van der Waals surface area contributed by atoms with Gasteiger partial charge < -0.3 is 0 Å². The van der Waals surface area contributed by atoms with Gasteiger partial charge in [-0.25, -0.2) is 0 Å². The highest BCUT2D eigenvalue weighted by molar-refractivity contribution is 5.98. The second-order valence-electron chi connectivity index (χ2n) is 5.91. The second kappa shape index (κ2) is 6.26. The summed E-state index contributed by atoms with van der Waals surface area (Å²) < 4.78 is 1.82. The number of rotatable bonds is 4. The van der Waals surface area contributed by atoms with Crippen molar-refractivity contribution in [1.29, 1.82) is 0 Å². The zero-order valence-corrected chi connectivity index (χ0v) is 13.7. The van der Waals surface area contributed by atoms with Crippen LogP contribution in [-0.4, -0.2) is 35.6 Å². The third-order valence-electron chi connectivity index (χ3n) is 4.18. The molecule has 0 radical (unpaired) electrons. The van der Waals surface area contributed by atoms with Crippen molar-refractivity contribution in [2.24, 2.45) is 0 Å². The second-order valence-corrected chi connectivity index (χ2v) is 5.91. The first kappa shape index (κ1) is 15.3. The van der Waals surface area contributed by atoms with Crippen LogP contribution < -0.4 is 5.43 Å². The van der Waals surface area contributed by atoms with Crippen LogP contribution in [0.2, 0.25) is 0 Å². The molecule has 1 aromatic heterocycles. The van der Waals surface area contributed by atoms with Gasteiger partial charge in [0.25, 0.3) is 5.91 Å². The van der Waals surface area contributed by atoms with E-state index in [-0.39, 0.29) is 11.9 Å². The van der Waals surface area contributed by atoms with Crippen LogP contribution in [0, 0.1) is 0 Å². The lowest BCUT2D eigenvalue weighted by atomic mass is 10.1. The molecule has 23 heavy (non-hydrogen) atoms. The Morgan fingerprint density at radius 1 is 1.04 bits per heavy atom. The predicted molar refractivity (Wildman–Crippen MR) is 94.9 cm³/mol. The van der Waals surface area contributed by atoms with E-state index in [0.29, 0.717) is 0 Å². The van der Waals surface area contributed by atoms with Crippen LogP contribution in [-0.2, 0) is 4.79 Å². The molecule has 1 amide bonds. The molecule has 1 N–H and O–H groups in total. The van der Waals surface area contributed by atoms with Crippen LogP contribution in [0.15, 0.2) is 60.8 Å². The van der Waals surface area contributed by atoms with Crippen molar-refractivity contribution in [3.63, 3.8) is 0 Å². The average molecular weight is 307 g/mol. The van der Waals surface area contributed by atoms with Gasteiger partial charge in [0.05, 0.1) is 11.6 Å². The highest BCUT2D eigenvalue weighted by atomic mass is 16.2. The van der Waals surface area contributed by atoms with Gasteiger partial charge in [-0.1, -0.05) is 48.5 Å². The lowest BCUT2D eigenvalue weighted by Crippen LogP contribution is -2.40. The molecular formula is C19H21N3O. The van der Waals surface area contributed by atoms with E-state index in [4.69, 9.17) is 0 Å². The molecule has 3 rings (SSSR count). The maximum atomic E-state index is 12.4. The molecule has 4 nitrogen and oxygen atoms in total. The third-order valence-corrected chi connectivity index (χ3v) is 4.18. The molecule has 0 bridgehead atoms. The Kier molecular flexibility index (Phi) is 4.17. The first-order valence-corrected chi connectivity index (χ1v) is 7.70. The number of carbonyl (C=O) groups excluding carboxylic acids is 1. The number of benzene rings is 2. The van der Waals surface area contributed by atoms with E-state index in [9.17, 15) is 4.79 Å². The zero-order chi connectivity index (χ0) is 16.4. The van der Waals surface area contributed by atoms with Crippen molar-refractivity contribution in [3.05, 3.63) is 60.8 Å². The molecule has 118 valence electrons. The number of fused-ring (bicyclic) bond motifs is 1. The van der Waals surface area contributed by atoms with E-state index in [0.717, 1.165) is 22.0 Å². The number of carbonyl (C=O) groups is 1. The predicted octanol–water partition coefficient (Wildman–Crippen LogP) is 3.33. The molecule has 1 heterocycles. The minimum atomic E-state index is -0.198. The molecule has 4 heteroatoms. The van der Waals surface area contributed by atoms with Crippen molar-refractivity contribution in [2.45, 2.75) is 13.0 Å². The smallest absolute Gasteiger partial charge is 0.255 e. The Morgan fingerprint density at radius 2 is 1.70 bits per heavy atom. The fourth-order valence-corrected chi connectivity index (χ4v) is 2.57. The summed E-state index contributed by atoms with van der Waals surface area (Å²) in [5, 5.41) is 1.12. The first-order chi connectivity index (χ1) is 11.1. The molecule has 1 atom stereocenters. The van der Waals surface area contributed by atoms with Gasteiger partial charge in [-0.05, 0) is 32.6 Å². The van der Waals surface area contributed by atoms with Gasteiger partial charge in [0.15, 0.2) is 0 Å². The summed E-state index contributed by atoms with van der Waals surface area (Å²) in [5.74, 6) is -0.0321. The maximum Gasteiger partial charge on any atom is 0.255 e. The summed E-state index contributed by atoms with van der Waals surface area (Å²) in [7, 11) is 3.79. The quantitative estimate of drug-likeness (QED) is 0.803. The Labute approximate surface area is 136 Å². The molecule has 0 saturated heterocycles. The SMILES string of the molecule is CC(C(=O)Nn1cc(-c2ccccc2)c2ccccc21)N(C)C. The number of nitrogens with one attached hydrogen (secondary N) is 1. The molecular weight excluding hydrogens is 286 g/mol. The number of aromatic nitrogens is 1. The molecule has 0 aliphatic carbocycles. The molecule has 0 saturated carbocycles. The molecule has 1 unspecified atom stereocenters. The number of hydrogen-bond donors (Lipinski definition) is 1. The van der Waals surface area contributed by atoms with Crippen molar-refractivity contribution < 1.29 is 4.79 Å². The highest BCUT2D eigenvalue weighted by Gasteiger charge is 2.17. The van der Waals surface area contributed by atoms with Crippen LogP contribution in [0.1, 0.15) is 6.92 Å². The fourth-order valence-electron chi connectivity index (χ4n) is 2.57. The summed E-state index contributed by atoms with van der Waals surface area (Å²) in [6.45, 7) is 1.89. The van der Waals surface area contributed by atoms with E-state index >= 15 is 0 Å². The largest absolute Gasteiger partial charge is 0.298 e. The van der Waals surface area contributed by atoms with E-state index in [1.807, 2.05) is 73.2 Å². The topological polar surface area (TPSA) is 37.3 Å². The standard InChI is InChI=1S/C19H21N3O/c1-14(21(2)3)19(23)20-22-13-17(15-9-5-4-6-10-15)16-11-7-8-12-18(16)22/h4-14H,1-3H3,(H,20,23). The monoisotopic (exact) mass is 307 g/mol. The van der Waals surface area contributed by atoms with Gasteiger partial charge in [-0.3, -0.25) is 19.8 Å². The van der Waals surface area contributed by atoms with Crippen molar-refractivity contribution >= 4 is 16.8 Å². The molecule has 3 aromatic rings. The van der Waals surface area contributed by atoms with E-state index in [2.05, 4.69) is 23.6 Å². The summed E-state index contributed by atoms with van der Waals surface area (Å²) >= 11 is 0. The van der Waals surface area contributed by atoms with Crippen LogP contribution in [0.5, 0.6) is 0 Å². The van der Waals surface area contributed by atoms with Crippen molar-refractivity contribution in [1.82, 2.24) is 9.58 Å². The van der Waals surface area contributed by atoms with Gasteiger partial charge >= 0.3 is 0 Å². The summed E-state index contributed by atoms with van der Waals surface area (Å²) in [6, 6.07) is 18.1. The summed E-state index contributed by atoms with van der Waals surface area (Å²) in [5.41, 5.74) is 6.23. The van der Waals surface area contributed by atoms with Crippen LogP contribution in [0.25, 0.3) is 22.0 Å². The zero-order valence-electron chi connectivity index (χ0n) is 13.7. The molecule has 0 aliphatic heterocycles. The van der Waals surface area contributed by atoms with Crippen LogP contribution in [0.4, 0.5) is 0 Å². The fraction of sp³-hybridized carbons (Fsp3) is 0.211. The Morgan fingerprint density at radius 3 is 2.39 bits per heavy atom. The molecule has 2 aromatic carbocycles. The summed E-state index contributed by atoms with van der Waals surface area (Å²) in [4.78, 5) is 14.3.